The van der Waals surface area contributed by atoms with Gasteiger partial charge in [0.25, 0.3) is 0 Å². The van der Waals surface area contributed by atoms with Gasteiger partial charge >= 0.3 is 0 Å². The highest BCUT2D eigenvalue weighted by atomic mass is 35.5. The van der Waals surface area contributed by atoms with E-state index in [1.54, 1.807) is 7.11 Å². The summed E-state index contributed by atoms with van der Waals surface area (Å²) in [7, 11) is 1.67. The highest BCUT2D eigenvalue weighted by molar-refractivity contribution is 6.17. The minimum absolute atomic E-state index is 0.331. The molecule has 1 fully saturated rings. The highest BCUT2D eigenvalue weighted by Gasteiger charge is 2.20. The van der Waals surface area contributed by atoms with Crippen LogP contribution in [0.1, 0.15) is 38.2 Å². The van der Waals surface area contributed by atoms with Crippen molar-refractivity contribution < 1.29 is 9.47 Å². The minimum Gasteiger partial charge on any atom is -0.493 e. The Bertz CT molecular complexity index is 384. The van der Waals surface area contributed by atoms with Crippen LogP contribution in [0.15, 0.2) is 18.2 Å². The molecule has 0 radical (unpaired) electrons. The molecule has 0 spiro atoms. The summed E-state index contributed by atoms with van der Waals surface area (Å²) in [5.41, 5.74) is 1.05. The van der Waals surface area contributed by atoms with Crippen molar-refractivity contribution in [2.45, 2.75) is 44.6 Å². The van der Waals surface area contributed by atoms with E-state index in [0.717, 1.165) is 35.8 Å². The van der Waals surface area contributed by atoms with Gasteiger partial charge in [-0.2, -0.15) is 0 Å². The fourth-order valence-electron chi connectivity index (χ4n) is 2.42. The third-order valence-corrected chi connectivity index (χ3v) is 3.95. The average molecular weight is 269 g/mol. The number of methoxy groups -OCH3 is 1. The van der Waals surface area contributed by atoms with E-state index < -0.39 is 0 Å². The predicted octanol–water partition coefficient (Wildman–Crippen LogP) is 4.39. The van der Waals surface area contributed by atoms with Gasteiger partial charge in [-0.15, -0.1) is 11.6 Å². The van der Waals surface area contributed by atoms with Crippen molar-refractivity contribution in [3.8, 4) is 11.5 Å². The van der Waals surface area contributed by atoms with Crippen LogP contribution >= 0.6 is 11.6 Å². The lowest BCUT2D eigenvalue weighted by Crippen LogP contribution is -2.23. The van der Waals surface area contributed by atoms with E-state index in [4.69, 9.17) is 21.1 Å². The van der Waals surface area contributed by atoms with Gasteiger partial charge in [-0.1, -0.05) is 13.0 Å². The zero-order chi connectivity index (χ0) is 13.0. The highest BCUT2D eigenvalue weighted by Crippen LogP contribution is 2.33. The number of rotatable bonds is 4. The van der Waals surface area contributed by atoms with Crippen LogP contribution < -0.4 is 9.47 Å². The molecular weight excluding hydrogens is 248 g/mol. The van der Waals surface area contributed by atoms with Crippen LogP contribution in [0.5, 0.6) is 11.5 Å². The molecule has 3 heteroatoms. The maximum absolute atomic E-state index is 6.06. The summed E-state index contributed by atoms with van der Waals surface area (Å²) in [6, 6.07) is 5.92. The second-order valence-corrected chi connectivity index (χ2v) is 5.39. The van der Waals surface area contributed by atoms with Crippen LogP contribution in [-0.4, -0.2) is 13.2 Å². The van der Waals surface area contributed by atoms with Gasteiger partial charge in [0.1, 0.15) is 0 Å². The van der Waals surface area contributed by atoms with E-state index in [0.29, 0.717) is 12.0 Å². The largest absolute Gasteiger partial charge is 0.493 e. The lowest BCUT2D eigenvalue weighted by atomic mass is 9.89. The summed E-state index contributed by atoms with van der Waals surface area (Å²) >= 11 is 5.82. The van der Waals surface area contributed by atoms with Crippen molar-refractivity contribution >= 4 is 11.6 Å². The first-order valence-electron chi connectivity index (χ1n) is 6.62. The van der Waals surface area contributed by atoms with E-state index >= 15 is 0 Å². The number of hydrogen-bond donors (Lipinski definition) is 0. The van der Waals surface area contributed by atoms with Crippen LogP contribution in [-0.2, 0) is 5.88 Å². The SMILES string of the molecule is COc1cc(CCl)ccc1OC1CCC(C)CC1. The predicted molar refractivity (Wildman–Crippen MR) is 74.6 cm³/mol. The van der Waals surface area contributed by atoms with E-state index in [1.807, 2.05) is 18.2 Å². The Morgan fingerprint density at radius 2 is 1.89 bits per heavy atom. The fraction of sp³-hybridized carbons (Fsp3) is 0.600. The Kier molecular flexibility index (Phi) is 4.76. The lowest BCUT2D eigenvalue weighted by molar-refractivity contribution is 0.131. The molecule has 0 aromatic heterocycles. The molecular formula is C15H21ClO2. The quantitative estimate of drug-likeness (QED) is 0.754. The van der Waals surface area contributed by atoms with E-state index in [-0.39, 0.29) is 0 Å². The normalized spacial score (nSPS) is 23.7. The summed E-state index contributed by atoms with van der Waals surface area (Å²) in [5, 5.41) is 0. The van der Waals surface area contributed by atoms with E-state index in [9.17, 15) is 0 Å². The number of halogens is 1. The van der Waals surface area contributed by atoms with E-state index in [2.05, 4.69) is 6.92 Å². The smallest absolute Gasteiger partial charge is 0.161 e. The summed E-state index contributed by atoms with van der Waals surface area (Å²) < 4.78 is 11.4. The van der Waals surface area contributed by atoms with Gasteiger partial charge in [-0.05, 0) is 49.3 Å². The molecule has 0 aliphatic heterocycles. The van der Waals surface area contributed by atoms with Crippen molar-refractivity contribution in [3.05, 3.63) is 23.8 Å². The molecule has 0 saturated heterocycles. The number of hydrogen-bond acceptors (Lipinski definition) is 2. The molecule has 0 atom stereocenters. The Morgan fingerprint density at radius 1 is 1.17 bits per heavy atom. The second-order valence-electron chi connectivity index (χ2n) is 5.12. The first kappa shape index (κ1) is 13.5. The molecule has 2 rings (SSSR count). The first-order chi connectivity index (χ1) is 8.72. The molecule has 0 bridgehead atoms. The van der Waals surface area contributed by atoms with Gasteiger partial charge in [0.15, 0.2) is 11.5 Å². The molecule has 0 heterocycles. The van der Waals surface area contributed by atoms with Gasteiger partial charge in [0.05, 0.1) is 13.2 Å². The molecule has 1 saturated carbocycles. The fourth-order valence-corrected chi connectivity index (χ4v) is 2.59. The molecule has 0 N–H and O–H groups in total. The van der Waals surface area contributed by atoms with Gasteiger partial charge < -0.3 is 9.47 Å². The van der Waals surface area contributed by atoms with Crippen LogP contribution in [0.3, 0.4) is 0 Å². The molecule has 100 valence electrons. The van der Waals surface area contributed by atoms with Crippen molar-refractivity contribution in [2.75, 3.05) is 7.11 Å². The Labute approximate surface area is 114 Å². The number of alkyl halides is 1. The molecule has 0 unspecified atom stereocenters. The molecule has 18 heavy (non-hydrogen) atoms. The second kappa shape index (κ2) is 6.33. The standard InChI is InChI=1S/C15H21ClO2/c1-11-3-6-13(7-4-11)18-14-8-5-12(10-16)9-15(14)17-2/h5,8-9,11,13H,3-4,6-7,10H2,1-2H3. The first-order valence-corrected chi connectivity index (χ1v) is 7.16. The van der Waals surface area contributed by atoms with Crippen molar-refractivity contribution in [1.82, 2.24) is 0 Å². The third-order valence-electron chi connectivity index (χ3n) is 3.64. The number of ether oxygens (including phenoxy) is 2. The summed E-state index contributed by atoms with van der Waals surface area (Å²) in [6.07, 6.45) is 5.12. The van der Waals surface area contributed by atoms with Gasteiger partial charge in [0.2, 0.25) is 0 Å². The van der Waals surface area contributed by atoms with Gasteiger partial charge in [-0.3, -0.25) is 0 Å². The Morgan fingerprint density at radius 3 is 2.50 bits per heavy atom. The summed E-state index contributed by atoms with van der Waals surface area (Å²) in [6.45, 7) is 2.31. The molecule has 1 aliphatic carbocycles. The average Bonchev–Trinajstić information content (AvgIpc) is 2.41. The topological polar surface area (TPSA) is 18.5 Å². The molecule has 1 aromatic rings. The summed E-state index contributed by atoms with van der Waals surface area (Å²) in [4.78, 5) is 0. The van der Waals surface area contributed by atoms with Crippen LogP contribution in [0.2, 0.25) is 0 Å². The van der Waals surface area contributed by atoms with Crippen LogP contribution in [0.25, 0.3) is 0 Å². The minimum atomic E-state index is 0.331. The zero-order valence-electron chi connectivity index (χ0n) is 11.1. The lowest BCUT2D eigenvalue weighted by Gasteiger charge is -2.27. The van der Waals surface area contributed by atoms with Gasteiger partial charge in [-0.25, -0.2) is 0 Å². The summed E-state index contributed by atoms with van der Waals surface area (Å²) in [5.74, 6) is 2.96. The van der Waals surface area contributed by atoms with E-state index in [1.165, 1.54) is 12.8 Å². The van der Waals surface area contributed by atoms with Crippen molar-refractivity contribution in [3.63, 3.8) is 0 Å². The molecule has 0 amide bonds. The molecule has 1 aliphatic rings. The maximum Gasteiger partial charge on any atom is 0.161 e. The van der Waals surface area contributed by atoms with Crippen molar-refractivity contribution in [1.29, 1.82) is 0 Å². The zero-order valence-corrected chi connectivity index (χ0v) is 11.9. The number of benzene rings is 1. The maximum atomic E-state index is 6.06. The molecule has 1 aromatic carbocycles. The third kappa shape index (κ3) is 3.32. The Balaban J connectivity index is 2.04. The van der Waals surface area contributed by atoms with Crippen molar-refractivity contribution in [2.24, 2.45) is 5.92 Å². The molecule has 2 nitrogen and oxygen atoms in total. The van der Waals surface area contributed by atoms with Crippen LogP contribution in [0, 0.1) is 5.92 Å². The Hall–Kier alpha value is -0.890. The van der Waals surface area contributed by atoms with Crippen LogP contribution in [0.4, 0.5) is 0 Å². The monoisotopic (exact) mass is 268 g/mol. The van der Waals surface area contributed by atoms with Gasteiger partial charge in [0, 0.05) is 5.88 Å².